The first-order valence-corrected chi connectivity index (χ1v) is 10.2. The normalized spacial score (nSPS) is 11.6. The van der Waals surface area contributed by atoms with Gasteiger partial charge in [-0.3, -0.25) is 0 Å². The Balaban J connectivity index is 2.07. The lowest BCUT2D eigenvalue weighted by atomic mass is 9.85. The number of aromatic nitrogens is 3. The number of fused-ring (bicyclic) bond motifs is 1. The van der Waals surface area contributed by atoms with Crippen LogP contribution in [0.1, 0.15) is 58.6 Å². The van der Waals surface area contributed by atoms with Crippen molar-refractivity contribution in [1.82, 2.24) is 15.0 Å². The Bertz CT molecular complexity index is 1110. The lowest BCUT2D eigenvalue weighted by Gasteiger charge is -2.24. The Hall–Kier alpha value is -3.15. The molecule has 6 nitrogen and oxygen atoms in total. The second kappa shape index (κ2) is 8.30. The minimum absolute atomic E-state index is 0.0129. The summed E-state index contributed by atoms with van der Waals surface area (Å²) in [6.07, 6.45) is 3.26. The van der Waals surface area contributed by atoms with E-state index >= 15 is 0 Å². The highest BCUT2D eigenvalue weighted by Crippen LogP contribution is 2.42. The van der Waals surface area contributed by atoms with Crippen LogP contribution >= 0.6 is 0 Å². The Kier molecular flexibility index (Phi) is 5.97. The average molecular weight is 408 g/mol. The van der Waals surface area contributed by atoms with Crippen LogP contribution in [0.25, 0.3) is 16.7 Å². The number of ether oxygens (including phenoxy) is 1. The van der Waals surface area contributed by atoms with Crippen molar-refractivity contribution in [2.45, 2.75) is 59.3 Å². The fraction of sp³-hybridized carbons (Fsp3) is 0.375. The van der Waals surface area contributed by atoms with Crippen LogP contribution in [0.5, 0.6) is 11.5 Å². The van der Waals surface area contributed by atoms with Crippen molar-refractivity contribution in [3.8, 4) is 17.2 Å². The number of hydrogen-bond donors (Lipinski definition) is 1. The summed E-state index contributed by atoms with van der Waals surface area (Å²) in [6, 6.07) is 9.38. The molecule has 0 fully saturated rings. The molecule has 0 bridgehead atoms. The van der Waals surface area contributed by atoms with Crippen molar-refractivity contribution in [3.05, 3.63) is 53.6 Å². The summed E-state index contributed by atoms with van der Waals surface area (Å²) in [5.74, 6) is -0.244. The van der Waals surface area contributed by atoms with Crippen LogP contribution in [0.4, 0.5) is 0 Å². The van der Waals surface area contributed by atoms with Crippen molar-refractivity contribution in [2.24, 2.45) is 0 Å². The molecule has 0 spiro atoms. The van der Waals surface area contributed by atoms with Crippen molar-refractivity contribution in [1.29, 1.82) is 0 Å². The monoisotopic (exact) mass is 407 g/mol. The van der Waals surface area contributed by atoms with E-state index in [0.717, 1.165) is 30.3 Å². The zero-order valence-corrected chi connectivity index (χ0v) is 18.3. The number of carbonyl (C=O) groups excluding carboxylic acids is 1. The number of hydrogen-bond acceptors (Lipinski definition) is 5. The number of benzene rings is 2. The van der Waals surface area contributed by atoms with Gasteiger partial charge in [0.15, 0.2) is 5.75 Å². The topological polar surface area (TPSA) is 77.2 Å². The third kappa shape index (κ3) is 4.37. The van der Waals surface area contributed by atoms with Crippen LogP contribution < -0.4 is 4.74 Å². The van der Waals surface area contributed by atoms with Crippen molar-refractivity contribution < 1.29 is 14.6 Å². The van der Waals surface area contributed by atoms with Crippen LogP contribution in [0.3, 0.4) is 0 Å². The highest BCUT2D eigenvalue weighted by atomic mass is 16.5. The summed E-state index contributed by atoms with van der Waals surface area (Å²) in [6.45, 7) is 13.2. The summed E-state index contributed by atoms with van der Waals surface area (Å²) >= 11 is 0. The van der Waals surface area contributed by atoms with Crippen LogP contribution in [0.15, 0.2) is 42.5 Å². The van der Waals surface area contributed by atoms with E-state index < -0.39 is 11.4 Å². The van der Waals surface area contributed by atoms with E-state index in [9.17, 15) is 9.90 Å². The molecular formula is C24H29N3O3. The molecule has 1 aromatic heterocycles. The second-order valence-electron chi connectivity index (χ2n) is 8.64. The molecule has 3 aromatic rings. The minimum atomic E-state index is -0.532. The first kappa shape index (κ1) is 21.6. The Labute approximate surface area is 177 Å². The Morgan fingerprint density at radius 1 is 1.17 bits per heavy atom. The van der Waals surface area contributed by atoms with Crippen LogP contribution in [0, 0.1) is 0 Å². The van der Waals surface area contributed by atoms with Gasteiger partial charge < -0.3 is 9.84 Å². The molecule has 0 amide bonds. The average Bonchev–Trinajstić information content (AvgIpc) is 3.08. The molecule has 0 saturated carbocycles. The van der Waals surface area contributed by atoms with Gasteiger partial charge >= 0.3 is 5.97 Å². The van der Waals surface area contributed by atoms with Gasteiger partial charge in [-0.1, -0.05) is 46.8 Å². The van der Waals surface area contributed by atoms with E-state index in [2.05, 4.69) is 29.8 Å². The highest BCUT2D eigenvalue weighted by Gasteiger charge is 2.28. The number of unbranched alkanes of at least 4 members (excludes halogenated alkanes) is 1. The standard InChI is InChI=1S/C24H29N3O3/c1-7-8-9-16-10-11-17-18(14-16)26-27(25-17)19-12-13-20(30-23(29)15(2)3)21(22(19)28)24(4,5)6/h10-14,28H,2,7-9H2,1,3-6H3. The maximum absolute atomic E-state index is 12.0. The number of aryl methyl sites for hydroxylation is 1. The largest absolute Gasteiger partial charge is 0.505 e. The summed E-state index contributed by atoms with van der Waals surface area (Å²) in [5.41, 5.74) is 3.50. The highest BCUT2D eigenvalue weighted by molar-refractivity contribution is 5.89. The molecule has 0 saturated heterocycles. The lowest BCUT2D eigenvalue weighted by Crippen LogP contribution is -2.18. The molecule has 6 heteroatoms. The van der Waals surface area contributed by atoms with Gasteiger partial charge in [0.25, 0.3) is 0 Å². The van der Waals surface area contributed by atoms with Crippen LogP contribution in [0.2, 0.25) is 0 Å². The van der Waals surface area contributed by atoms with Crippen molar-refractivity contribution in [2.75, 3.05) is 0 Å². The van der Waals surface area contributed by atoms with Gasteiger partial charge in [-0.2, -0.15) is 0 Å². The van der Waals surface area contributed by atoms with E-state index in [-0.39, 0.29) is 11.3 Å². The smallest absolute Gasteiger partial charge is 0.338 e. The van der Waals surface area contributed by atoms with Crippen LogP contribution in [-0.4, -0.2) is 26.1 Å². The van der Waals surface area contributed by atoms with E-state index in [1.54, 1.807) is 19.1 Å². The number of rotatable bonds is 6. The summed E-state index contributed by atoms with van der Waals surface area (Å²) < 4.78 is 5.47. The zero-order valence-electron chi connectivity index (χ0n) is 18.3. The third-order valence-electron chi connectivity index (χ3n) is 4.90. The number of carbonyl (C=O) groups is 1. The van der Waals surface area contributed by atoms with Crippen molar-refractivity contribution in [3.63, 3.8) is 0 Å². The molecule has 0 atom stereocenters. The minimum Gasteiger partial charge on any atom is -0.505 e. The number of phenolic OH excluding ortho intramolecular Hbond substituents is 1. The predicted octanol–water partition coefficient (Wildman–Crippen LogP) is 5.25. The second-order valence-corrected chi connectivity index (χ2v) is 8.64. The Morgan fingerprint density at radius 3 is 2.50 bits per heavy atom. The number of nitrogens with zero attached hydrogens (tertiary/aromatic N) is 3. The zero-order chi connectivity index (χ0) is 22.1. The van der Waals surface area contributed by atoms with Crippen molar-refractivity contribution >= 4 is 17.0 Å². The quantitative estimate of drug-likeness (QED) is 0.343. The molecule has 0 radical (unpaired) electrons. The number of esters is 1. The van der Waals surface area contributed by atoms with E-state index in [1.165, 1.54) is 10.4 Å². The van der Waals surface area contributed by atoms with E-state index in [0.29, 0.717) is 17.0 Å². The first-order valence-electron chi connectivity index (χ1n) is 10.2. The molecule has 0 unspecified atom stereocenters. The molecule has 158 valence electrons. The molecule has 0 aliphatic heterocycles. The molecule has 1 heterocycles. The van der Waals surface area contributed by atoms with E-state index in [4.69, 9.17) is 4.74 Å². The maximum atomic E-state index is 12.0. The van der Waals surface area contributed by atoms with Gasteiger partial charge in [0, 0.05) is 11.1 Å². The molecule has 3 rings (SSSR count). The first-order chi connectivity index (χ1) is 14.1. The fourth-order valence-electron chi connectivity index (χ4n) is 3.32. The maximum Gasteiger partial charge on any atom is 0.338 e. The van der Waals surface area contributed by atoms with Gasteiger partial charge in [0.1, 0.15) is 22.5 Å². The van der Waals surface area contributed by atoms with Gasteiger partial charge in [-0.15, -0.1) is 15.0 Å². The molecule has 30 heavy (non-hydrogen) atoms. The fourth-order valence-corrected chi connectivity index (χ4v) is 3.32. The Morgan fingerprint density at radius 2 is 1.87 bits per heavy atom. The van der Waals surface area contributed by atoms with Gasteiger partial charge in [0.2, 0.25) is 0 Å². The SMILES string of the molecule is C=C(C)C(=O)Oc1ccc(-n2nc3ccc(CCCC)cc3n2)c(O)c1C(C)(C)C. The molecular weight excluding hydrogens is 378 g/mol. The molecule has 0 aliphatic rings. The third-order valence-corrected chi connectivity index (χ3v) is 4.90. The lowest BCUT2D eigenvalue weighted by molar-refractivity contribution is -0.130. The van der Waals surface area contributed by atoms with Gasteiger partial charge in [-0.05, 0) is 55.0 Å². The number of aromatic hydroxyl groups is 1. The summed E-state index contributed by atoms with van der Waals surface area (Å²) in [5, 5.41) is 20.2. The number of phenols is 1. The summed E-state index contributed by atoms with van der Waals surface area (Å²) in [7, 11) is 0. The van der Waals surface area contributed by atoms with E-state index in [1.807, 2.05) is 32.9 Å². The predicted molar refractivity (Wildman–Crippen MR) is 118 cm³/mol. The van der Waals surface area contributed by atoms with Gasteiger partial charge in [-0.25, -0.2) is 4.79 Å². The summed E-state index contributed by atoms with van der Waals surface area (Å²) in [4.78, 5) is 13.5. The van der Waals surface area contributed by atoms with Crippen LogP contribution in [-0.2, 0) is 16.6 Å². The van der Waals surface area contributed by atoms with Gasteiger partial charge in [0.05, 0.1) is 0 Å². The molecule has 1 N–H and O–H groups in total. The molecule has 2 aromatic carbocycles. The molecule has 0 aliphatic carbocycles.